The third-order valence-corrected chi connectivity index (χ3v) is 9.49. The van der Waals surface area contributed by atoms with E-state index < -0.39 is 15.9 Å². The molecule has 1 aromatic carbocycles. The highest BCUT2D eigenvalue weighted by Gasteiger charge is 2.72. The zero-order valence-corrected chi connectivity index (χ0v) is 16.8. The second kappa shape index (κ2) is 5.44. The molecule has 0 aromatic heterocycles. The monoisotopic (exact) mass is 373 g/mol. The summed E-state index contributed by atoms with van der Waals surface area (Å²) >= 11 is 0. The van der Waals surface area contributed by atoms with Crippen LogP contribution in [0, 0.1) is 30.6 Å². The van der Waals surface area contributed by atoms with E-state index in [9.17, 15) is 13.2 Å². The quantitative estimate of drug-likeness (QED) is 0.743. The summed E-state index contributed by atoms with van der Waals surface area (Å²) in [6, 6.07) is 5.81. The SMILES string of the molecule is Cc1ccc(C=CC(=O)N2[C@H]3C[C@@H]4CC[C@]3(CS2(=O)=O)C4(C)C)cc1C. The highest BCUT2D eigenvalue weighted by atomic mass is 32.2. The van der Waals surface area contributed by atoms with Gasteiger partial charge in [0.15, 0.2) is 0 Å². The van der Waals surface area contributed by atoms with Gasteiger partial charge in [-0.25, -0.2) is 12.7 Å². The average Bonchev–Trinajstić information content (AvgIpc) is 3.03. The lowest BCUT2D eigenvalue weighted by Gasteiger charge is -2.36. The fraction of sp³-hybridized carbons (Fsp3) is 0.571. The van der Waals surface area contributed by atoms with Crippen LogP contribution in [0.25, 0.3) is 6.08 Å². The highest BCUT2D eigenvalue weighted by molar-refractivity contribution is 7.90. The van der Waals surface area contributed by atoms with E-state index in [-0.39, 0.29) is 22.6 Å². The number of hydrogen-bond donors (Lipinski definition) is 0. The Hall–Kier alpha value is -1.62. The predicted octanol–water partition coefficient (Wildman–Crippen LogP) is 3.68. The van der Waals surface area contributed by atoms with Crippen molar-refractivity contribution in [2.75, 3.05) is 5.75 Å². The lowest BCUT2D eigenvalue weighted by molar-refractivity contribution is -0.123. The van der Waals surface area contributed by atoms with Crippen LogP contribution in [-0.2, 0) is 14.8 Å². The molecule has 0 unspecified atom stereocenters. The van der Waals surface area contributed by atoms with Crippen molar-refractivity contribution in [3.05, 3.63) is 41.0 Å². The van der Waals surface area contributed by atoms with Crippen LogP contribution in [0.5, 0.6) is 0 Å². The van der Waals surface area contributed by atoms with Crippen molar-refractivity contribution in [2.45, 2.75) is 53.0 Å². The number of nitrogens with zero attached hydrogens (tertiary/aromatic N) is 1. The second-order valence-corrected chi connectivity index (χ2v) is 10.8. The highest BCUT2D eigenvalue weighted by Crippen LogP contribution is 2.69. The first-order valence-corrected chi connectivity index (χ1v) is 11.0. The van der Waals surface area contributed by atoms with Crippen LogP contribution in [0.3, 0.4) is 0 Å². The molecule has 3 atom stereocenters. The first-order valence-electron chi connectivity index (χ1n) is 9.40. The number of sulfonamides is 1. The van der Waals surface area contributed by atoms with Crippen molar-refractivity contribution >= 4 is 22.0 Å². The Morgan fingerprint density at radius 1 is 1.23 bits per heavy atom. The zero-order chi connectivity index (χ0) is 18.9. The van der Waals surface area contributed by atoms with Gasteiger partial charge in [0.1, 0.15) is 0 Å². The van der Waals surface area contributed by atoms with E-state index in [4.69, 9.17) is 0 Å². The Labute approximate surface area is 156 Å². The van der Waals surface area contributed by atoms with Crippen molar-refractivity contribution in [1.29, 1.82) is 0 Å². The summed E-state index contributed by atoms with van der Waals surface area (Å²) in [6.45, 7) is 8.46. The number of benzene rings is 1. The van der Waals surface area contributed by atoms with Crippen molar-refractivity contribution in [2.24, 2.45) is 16.7 Å². The number of rotatable bonds is 2. The molecule has 1 spiro atoms. The van der Waals surface area contributed by atoms with Crippen molar-refractivity contribution in [3.8, 4) is 0 Å². The zero-order valence-electron chi connectivity index (χ0n) is 16.0. The van der Waals surface area contributed by atoms with E-state index >= 15 is 0 Å². The second-order valence-electron chi connectivity index (χ2n) is 8.93. The van der Waals surface area contributed by atoms with Crippen molar-refractivity contribution < 1.29 is 13.2 Å². The Morgan fingerprint density at radius 2 is 1.96 bits per heavy atom. The molecule has 2 saturated carbocycles. The van der Waals surface area contributed by atoms with Gasteiger partial charge in [-0.1, -0.05) is 32.0 Å². The Morgan fingerprint density at radius 3 is 2.62 bits per heavy atom. The smallest absolute Gasteiger partial charge is 0.260 e. The summed E-state index contributed by atoms with van der Waals surface area (Å²) in [6.07, 6.45) is 5.97. The number of fused-ring (bicyclic) bond motifs is 1. The minimum atomic E-state index is -3.55. The molecule has 1 amide bonds. The largest absolute Gasteiger partial charge is 0.269 e. The van der Waals surface area contributed by atoms with Crippen LogP contribution < -0.4 is 0 Å². The Balaban J connectivity index is 1.64. The summed E-state index contributed by atoms with van der Waals surface area (Å²) < 4.78 is 27.0. The van der Waals surface area contributed by atoms with Gasteiger partial charge in [-0.05, 0) is 67.2 Å². The normalized spacial score (nSPS) is 33.8. The summed E-state index contributed by atoms with van der Waals surface area (Å²) in [5, 5.41) is 0. The van der Waals surface area contributed by atoms with Gasteiger partial charge in [-0.3, -0.25) is 4.79 Å². The molecular weight excluding hydrogens is 346 g/mol. The minimum absolute atomic E-state index is 0.0163. The number of carbonyl (C=O) groups is 1. The van der Waals surface area contributed by atoms with Crippen molar-refractivity contribution in [1.82, 2.24) is 4.31 Å². The van der Waals surface area contributed by atoms with Gasteiger partial charge in [0.05, 0.1) is 11.8 Å². The molecule has 2 bridgehead atoms. The fourth-order valence-electron chi connectivity index (χ4n) is 5.69. The van der Waals surface area contributed by atoms with Gasteiger partial charge in [0.2, 0.25) is 10.0 Å². The third-order valence-electron chi connectivity index (χ3n) is 7.58. The number of aryl methyl sites for hydroxylation is 2. The van der Waals surface area contributed by atoms with Gasteiger partial charge in [0.25, 0.3) is 5.91 Å². The third kappa shape index (κ3) is 2.25. The molecule has 26 heavy (non-hydrogen) atoms. The molecule has 2 aliphatic carbocycles. The summed E-state index contributed by atoms with van der Waals surface area (Å²) in [4.78, 5) is 12.9. The Bertz CT molecular complexity index is 915. The summed E-state index contributed by atoms with van der Waals surface area (Å²) in [7, 11) is -3.55. The van der Waals surface area contributed by atoms with Crippen LogP contribution in [0.2, 0.25) is 0 Å². The maximum absolute atomic E-state index is 12.9. The summed E-state index contributed by atoms with van der Waals surface area (Å²) in [5.74, 6) is 0.243. The van der Waals surface area contributed by atoms with Gasteiger partial charge >= 0.3 is 0 Å². The molecule has 1 aliphatic heterocycles. The molecule has 1 aromatic rings. The molecule has 0 N–H and O–H groups in total. The fourth-order valence-corrected chi connectivity index (χ4v) is 8.20. The molecule has 140 valence electrons. The summed E-state index contributed by atoms with van der Waals surface area (Å²) in [5.41, 5.74) is 2.99. The van der Waals surface area contributed by atoms with E-state index in [2.05, 4.69) is 13.8 Å². The van der Waals surface area contributed by atoms with Crippen LogP contribution in [0.15, 0.2) is 24.3 Å². The molecule has 1 heterocycles. The first-order chi connectivity index (χ1) is 12.1. The maximum atomic E-state index is 12.9. The van der Waals surface area contributed by atoms with Gasteiger partial charge in [-0.2, -0.15) is 0 Å². The molecule has 0 radical (unpaired) electrons. The van der Waals surface area contributed by atoms with Gasteiger partial charge < -0.3 is 0 Å². The van der Waals surface area contributed by atoms with E-state index in [1.807, 2.05) is 32.0 Å². The molecule has 3 aliphatic rings. The number of amides is 1. The maximum Gasteiger partial charge on any atom is 0.260 e. The average molecular weight is 374 g/mol. The predicted molar refractivity (Wildman–Crippen MR) is 103 cm³/mol. The molecular formula is C21H27NO3S. The molecule has 4 rings (SSSR count). The van der Waals surface area contributed by atoms with E-state index in [0.29, 0.717) is 5.92 Å². The van der Waals surface area contributed by atoms with Gasteiger partial charge in [0, 0.05) is 11.5 Å². The van der Waals surface area contributed by atoms with E-state index in [1.165, 1.54) is 15.9 Å². The van der Waals surface area contributed by atoms with Crippen LogP contribution in [0.4, 0.5) is 0 Å². The standard InChI is InChI=1S/C21H27NO3S/c1-14-5-6-16(11-15(14)2)7-8-19(23)22-18-12-17-9-10-21(18,20(17,3)4)13-26(22,24)25/h5-8,11,17-18H,9-10,12-13H2,1-4H3/t17-,18-,21+/m0/s1. The lowest BCUT2D eigenvalue weighted by atomic mass is 9.69. The van der Waals surface area contributed by atoms with E-state index in [1.54, 1.807) is 6.08 Å². The topological polar surface area (TPSA) is 54.5 Å². The van der Waals surface area contributed by atoms with Crippen LogP contribution in [0.1, 0.15) is 49.8 Å². The molecule has 1 saturated heterocycles. The molecule has 4 nitrogen and oxygen atoms in total. The number of hydrogen-bond acceptors (Lipinski definition) is 3. The molecule has 5 heteroatoms. The van der Waals surface area contributed by atoms with Crippen LogP contribution in [-0.4, -0.2) is 30.4 Å². The van der Waals surface area contributed by atoms with Crippen molar-refractivity contribution in [3.63, 3.8) is 0 Å². The molecule has 3 fully saturated rings. The first kappa shape index (κ1) is 17.8. The lowest BCUT2D eigenvalue weighted by Crippen LogP contribution is -2.43. The Kier molecular flexibility index (Phi) is 3.72. The van der Waals surface area contributed by atoms with Crippen LogP contribution >= 0.6 is 0 Å². The minimum Gasteiger partial charge on any atom is -0.269 e. The number of carbonyl (C=O) groups excluding carboxylic acids is 1. The van der Waals surface area contributed by atoms with Gasteiger partial charge in [-0.15, -0.1) is 0 Å². The van der Waals surface area contributed by atoms with E-state index in [0.717, 1.165) is 30.4 Å².